The van der Waals surface area contributed by atoms with Crippen LogP contribution in [0.3, 0.4) is 0 Å². The van der Waals surface area contributed by atoms with Crippen molar-refractivity contribution in [3.8, 4) is 0 Å². The molecule has 8 nitrogen and oxygen atoms in total. The molecule has 190 valence electrons. The Labute approximate surface area is 214 Å². The summed E-state index contributed by atoms with van der Waals surface area (Å²) < 4.78 is 6.37. The van der Waals surface area contributed by atoms with Gasteiger partial charge in [-0.15, -0.1) is 0 Å². The van der Waals surface area contributed by atoms with Crippen molar-refractivity contribution in [3.05, 3.63) is 28.9 Å². The van der Waals surface area contributed by atoms with E-state index in [9.17, 15) is 4.79 Å². The largest absolute Gasteiger partial charge is 0.409 e. The first-order chi connectivity index (χ1) is 16.4. The first kappa shape index (κ1) is 26.0. The number of aromatic nitrogens is 4. The van der Waals surface area contributed by atoms with Crippen molar-refractivity contribution >= 4 is 43.3 Å². The SMILES string of the molecule is CCN(CC)c1ncc(N2C(=O)C3(CCCC3)c3c(Cl)nc(CO[Si](C)(C)C(C)(C)C)nc32)cn1. The van der Waals surface area contributed by atoms with E-state index in [1.54, 1.807) is 17.3 Å². The van der Waals surface area contributed by atoms with E-state index in [1.807, 2.05) is 0 Å². The lowest BCUT2D eigenvalue weighted by molar-refractivity contribution is -0.122. The standard InChI is InChI=1S/C25H37ClN6O2Si/c1-8-31(9-2)23-27-14-17(15-28-23)32-21-19(25(22(32)33)12-10-11-13-25)20(26)29-18(30-21)16-34-35(6,7)24(3,4)5/h14-15H,8-13,16H2,1-7H3. The molecule has 1 aliphatic heterocycles. The Morgan fingerprint density at radius 1 is 1.11 bits per heavy atom. The summed E-state index contributed by atoms with van der Waals surface area (Å²) in [5, 5.41) is 0.412. The third kappa shape index (κ3) is 4.47. The molecule has 1 saturated carbocycles. The summed E-state index contributed by atoms with van der Waals surface area (Å²) in [5.41, 5.74) is 0.663. The van der Waals surface area contributed by atoms with Crippen LogP contribution >= 0.6 is 11.6 Å². The topological polar surface area (TPSA) is 84.3 Å². The lowest BCUT2D eigenvalue weighted by Crippen LogP contribution is -2.40. The Kier molecular flexibility index (Phi) is 6.98. The minimum absolute atomic E-state index is 0.0112. The average Bonchev–Trinajstić information content (AvgIpc) is 3.38. The number of nitrogens with zero attached hydrogens (tertiary/aromatic N) is 6. The number of rotatable bonds is 7. The highest BCUT2D eigenvalue weighted by Crippen LogP contribution is 2.54. The molecule has 1 fully saturated rings. The second-order valence-corrected chi connectivity index (χ2v) is 16.2. The smallest absolute Gasteiger partial charge is 0.243 e. The maximum absolute atomic E-state index is 13.9. The highest BCUT2D eigenvalue weighted by molar-refractivity contribution is 6.74. The van der Waals surface area contributed by atoms with Crippen molar-refractivity contribution in [1.29, 1.82) is 0 Å². The molecule has 0 bridgehead atoms. The fourth-order valence-corrected chi connectivity index (χ4v) is 6.05. The van der Waals surface area contributed by atoms with Gasteiger partial charge in [0.25, 0.3) is 0 Å². The number of hydrogen-bond acceptors (Lipinski definition) is 7. The zero-order valence-electron chi connectivity index (χ0n) is 22.0. The van der Waals surface area contributed by atoms with Crippen LogP contribution in [0, 0.1) is 0 Å². The van der Waals surface area contributed by atoms with Gasteiger partial charge in [-0.1, -0.05) is 45.2 Å². The molecular formula is C25H37ClN6O2Si. The molecular weight excluding hydrogens is 480 g/mol. The number of halogens is 1. The molecule has 3 heterocycles. The predicted molar refractivity (Wildman–Crippen MR) is 142 cm³/mol. The number of anilines is 3. The molecule has 0 N–H and O–H groups in total. The number of amides is 1. The highest BCUT2D eigenvalue weighted by Gasteiger charge is 2.55. The molecule has 0 atom stereocenters. The third-order valence-electron chi connectivity index (χ3n) is 7.95. The van der Waals surface area contributed by atoms with Crippen LogP contribution < -0.4 is 9.80 Å². The maximum atomic E-state index is 13.9. The predicted octanol–water partition coefficient (Wildman–Crippen LogP) is 5.78. The Bertz CT molecular complexity index is 1090. The van der Waals surface area contributed by atoms with Crippen LogP contribution in [-0.4, -0.2) is 47.2 Å². The molecule has 0 radical (unpaired) electrons. The molecule has 10 heteroatoms. The van der Waals surface area contributed by atoms with Crippen molar-refractivity contribution in [2.75, 3.05) is 22.9 Å². The molecule has 2 aromatic heterocycles. The lowest BCUT2D eigenvalue weighted by atomic mass is 9.81. The minimum Gasteiger partial charge on any atom is -0.409 e. The van der Waals surface area contributed by atoms with E-state index in [1.165, 1.54) is 0 Å². The van der Waals surface area contributed by atoms with Gasteiger partial charge >= 0.3 is 0 Å². The molecule has 1 amide bonds. The zero-order chi connectivity index (χ0) is 25.6. The average molecular weight is 517 g/mol. The molecule has 4 rings (SSSR count). The molecule has 2 aliphatic rings. The van der Waals surface area contributed by atoms with Gasteiger partial charge in [-0.2, -0.15) is 0 Å². The Hall–Kier alpha value is -2.10. The van der Waals surface area contributed by atoms with Crippen molar-refractivity contribution in [3.63, 3.8) is 0 Å². The quantitative estimate of drug-likeness (QED) is 0.340. The van der Waals surface area contributed by atoms with Gasteiger partial charge in [-0.25, -0.2) is 19.9 Å². The van der Waals surface area contributed by atoms with Gasteiger partial charge in [0.05, 0.1) is 30.1 Å². The van der Waals surface area contributed by atoms with Gasteiger partial charge in [-0.3, -0.25) is 9.69 Å². The first-order valence-corrected chi connectivity index (χ1v) is 15.9. The number of carbonyl (C=O) groups excluding carboxylic acids is 1. The summed E-state index contributed by atoms with van der Waals surface area (Å²) >= 11 is 6.79. The summed E-state index contributed by atoms with van der Waals surface area (Å²) in [7, 11) is -2.01. The van der Waals surface area contributed by atoms with E-state index in [-0.39, 0.29) is 17.6 Å². The van der Waals surface area contributed by atoms with Crippen LogP contribution in [0.25, 0.3) is 0 Å². The van der Waals surface area contributed by atoms with Crippen molar-refractivity contribution in [2.24, 2.45) is 0 Å². The van der Waals surface area contributed by atoms with E-state index < -0.39 is 13.7 Å². The summed E-state index contributed by atoms with van der Waals surface area (Å²) in [6.07, 6.45) is 6.86. The second kappa shape index (κ2) is 9.41. The van der Waals surface area contributed by atoms with E-state index >= 15 is 0 Å². The van der Waals surface area contributed by atoms with Gasteiger partial charge < -0.3 is 9.33 Å². The molecule has 35 heavy (non-hydrogen) atoms. The monoisotopic (exact) mass is 516 g/mol. The number of hydrogen-bond donors (Lipinski definition) is 0. The van der Waals surface area contributed by atoms with E-state index in [4.69, 9.17) is 21.0 Å². The molecule has 0 aromatic carbocycles. The van der Waals surface area contributed by atoms with Crippen LogP contribution in [0.2, 0.25) is 23.3 Å². The normalized spacial score (nSPS) is 17.4. The molecule has 0 saturated heterocycles. The van der Waals surface area contributed by atoms with Crippen LogP contribution in [0.5, 0.6) is 0 Å². The summed E-state index contributed by atoms with van der Waals surface area (Å²) in [6, 6.07) is 0. The van der Waals surface area contributed by atoms with Gasteiger partial charge in [0, 0.05) is 18.7 Å². The minimum atomic E-state index is -2.01. The van der Waals surface area contributed by atoms with E-state index in [0.29, 0.717) is 28.4 Å². The third-order valence-corrected chi connectivity index (χ3v) is 12.7. The maximum Gasteiger partial charge on any atom is 0.243 e. The van der Waals surface area contributed by atoms with Crippen molar-refractivity contribution < 1.29 is 9.22 Å². The second-order valence-electron chi connectivity index (χ2n) is 11.0. The van der Waals surface area contributed by atoms with Crippen LogP contribution in [0.1, 0.15) is 71.7 Å². The summed E-state index contributed by atoms with van der Waals surface area (Å²) in [5.74, 6) is 1.67. The Morgan fingerprint density at radius 3 is 2.26 bits per heavy atom. The van der Waals surface area contributed by atoms with Crippen LogP contribution in [0.4, 0.5) is 17.5 Å². The van der Waals surface area contributed by atoms with Gasteiger partial charge in [0.1, 0.15) is 11.0 Å². The van der Waals surface area contributed by atoms with E-state index in [2.05, 4.69) is 67.6 Å². The lowest BCUT2D eigenvalue weighted by Gasteiger charge is -2.35. The Morgan fingerprint density at radius 2 is 1.71 bits per heavy atom. The fraction of sp³-hybridized carbons (Fsp3) is 0.640. The summed E-state index contributed by atoms with van der Waals surface area (Å²) in [4.78, 5) is 36.2. The van der Waals surface area contributed by atoms with Crippen molar-refractivity contribution in [2.45, 2.75) is 90.5 Å². The van der Waals surface area contributed by atoms with Crippen LogP contribution in [-0.2, 0) is 21.2 Å². The molecule has 2 aromatic rings. The first-order valence-electron chi connectivity index (χ1n) is 12.6. The number of fused-ring (bicyclic) bond motifs is 2. The van der Waals surface area contributed by atoms with Gasteiger partial charge in [0.2, 0.25) is 11.9 Å². The van der Waals surface area contributed by atoms with Crippen LogP contribution in [0.15, 0.2) is 12.4 Å². The highest BCUT2D eigenvalue weighted by atomic mass is 35.5. The molecule has 1 aliphatic carbocycles. The Balaban J connectivity index is 1.75. The fourth-order valence-electron chi connectivity index (χ4n) is 4.76. The number of carbonyl (C=O) groups is 1. The van der Waals surface area contributed by atoms with Crippen molar-refractivity contribution in [1.82, 2.24) is 19.9 Å². The summed E-state index contributed by atoms with van der Waals surface area (Å²) in [6.45, 7) is 17.0. The zero-order valence-corrected chi connectivity index (χ0v) is 23.7. The van der Waals surface area contributed by atoms with E-state index in [0.717, 1.165) is 44.3 Å². The van der Waals surface area contributed by atoms with Gasteiger partial charge in [-0.05, 0) is 44.8 Å². The molecule has 0 unspecified atom stereocenters. The molecule has 1 spiro atoms. The van der Waals surface area contributed by atoms with Gasteiger partial charge in [0.15, 0.2) is 14.1 Å².